The minimum atomic E-state index is -1.26. The molecule has 1 saturated carbocycles. The number of amides is 2. The molecule has 31 heavy (non-hydrogen) atoms. The minimum Gasteiger partial charge on any atom is -0.465 e. The lowest BCUT2D eigenvalue weighted by molar-refractivity contribution is -0.142. The van der Waals surface area contributed by atoms with Crippen LogP contribution in [0.2, 0.25) is 0 Å². The molecule has 168 valence electrons. The van der Waals surface area contributed by atoms with Crippen molar-refractivity contribution in [3.8, 4) is 0 Å². The molecule has 2 saturated heterocycles. The zero-order valence-electron chi connectivity index (χ0n) is 18.1. The number of nitrogens with zero attached hydrogens (tertiary/aromatic N) is 2. The van der Waals surface area contributed by atoms with E-state index in [1.54, 1.807) is 12.1 Å². The fourth-order valence-corrected chi connectivity index (χ4v) is 5.22. The number of carbonyl (C=O) groups excluding carboxylic acids is 2. The van der Waals surface area contributed by atoms with Crippen molar-refractivity contribution in [1.82, 2.24) is 15.1 Å². The summed E-state index contributed by atoms with van der Waals surface area (Å²) < 4.78 is 13.5. The van der Waals surface area contributed by atoms with Gasteiger partial charge in [0, 0.05) is 50.5 Å². The Morgan fingerprint density at radius 2 is 1.77 bits per heavy atom. The first kappa shape index (κ1) is 21.7. The highest BCUT2D eigenvalue weighted by Crippen LogP contribution is 2.47. The number of likely N-dealkylation sites (tertiary alicyclic amines) is 1. The number of halogens is 1. The monoisotopic (exact) mass is 431 g/mol. The van der Waals surface area contributed by atoms with Gasteiger partial charge in [-0.05, 0) is 43.4 Å². The summed E-state index contributed by atoms with van der Waals surface area (Å²) in [5.41, 5.74) is -0.754. The SMILES string of the molecule is CN(C(=O)O)[C@]1(C(=O)C2CCN(C(=O)C3(C)CC3)CC2)CNC[C@H]1c1ccc(F)cc1. The largest absolute Gasteiger partial charge is 0.465 e. The fourth-order valence-electron chi connectivity index (χ4n) is 5.22. The minimum absolute atomic E-state index is 0.110. The number of rotatable bonds is 5. The van der Waals surface area contributed by atoms with Crippen molar-refractivity contribution >= 4 is 17.8 Å². The van der Waals surface area contributed by atoms with Gasteiger partial charge in [0.05, 0.1) is 0 Å². The highest BCUT2D eigenvalue weighted by atomic mass is 19.1. The Balaban J connectivity index is 1.58. The number of likely N-dealkylation sites (N-methyl/N-ethyl adjacent to an activating group) is 1. The molecule has 3 aliphatic rings. The molecule has 0 spiro atoms. The third-order valence-electron chi connectivity index (χ3n) is 7.57. The molecule has 2 amide bonds. The van der Waals surface area contributed by atoms with Crippen molar-refractivity contribution in [2.45, 2.75) is 44.1 Å². The van der Waals surface area contributed by atoms with E-state index in [9.17, 15) is 23.9 Å². The number of carbonyl (C=O) groups is 3. The third kappa shape index (κ3) is 3.71. The Kier molecular flexibility index (Phi) is 5.54. The average Bonchev–Trinajstić information content (AvgIpc) is 3.37. The summed E-state index contributed by atoms with van der Waals surface area (Å²) in [6, 6.07) is 5.93. The van der Waals surface area contributed by atoms with Gasteiger partial charge in [-0.2, -0.15) is 0 Å². The average molecular weight is 432 g/mol. The summed E-state index contributed by atoms with van der Waals surface area (Å²) in [6.45, 7) is 3.68. The van der Waals surface area contributed by atoms with Crippen LogP contribution in [0.4, 0.5) is 9.18 Å². The number of hydrogen-bond acceptors (Lipinski definition) is 4. The molecule has 1 aromatic rings. The van der Waals surface area contributed by atoms with Gasteiger partial charge in [0.1, 0.15) is 11.4 Å². The van der Waals surface area contributed by atoms with Gasteiger partial charge < -0.3 is 15.3 Å². The third-order valence-corrected chi connectivity index (χ3v) is 7.57. The van der Waals surface area contributed by atoms with Gasteiger partial charge in [-0.25, -0.2) is 9.18 Å². The lowest BCUT2D eigenvalue weighted by Crippen LogP contribution is -2.62. The van der Waals surface area contributed by atoms with Crippen molar-refractivity contribution in [3.05, 3.63) is 35.6 Å². The molecule has 1 aliphatic carbocycles. The number of ketones is 1. The maximum absolute atomic E-state index is 13.9. The van der Waals surface area contributed by atoms with Gasteiger partial charge in [0.25, 0.3) is 0 Å². The zero-order valence-corrected chi connectivity index (χ0v) is 18.1. The molecule has 3 fully saturated rings. The molecule has 4 rings (SSSR count). The topological polar surface area (TPSA) is 90.0 Å². The number of benzene rings is 1. The van der Waals surface area contributed by atoms with E-state index in [0.717, 1.165) is 23.3 Å². The van der Waals surface area contributed by atoms with Crippen LogP contribution in [0.1, 0.15) is 44.1 Å². The van der Waals surface area contributed by atoms with Crippen LogP contribution < -0.4 is 5.32 Å². The van der Waals surface area contributed by atoms with Gasteiger partial charge in [0.2, 0.25) is 5.91 Å². The van der Waals surface area contributed by atoms with E-state index in [1.165, 1.54) is 19.2 Å². The molecule has 1 aromatic carbocycles. The van der Waals surface area contributed by atoms with Crippen LogP contribution in [0.3, 0.4) is 0 Å². The van der Waals surface area contributed by atoms with Crippen LogP contribution >= 0.6 is 0 Å². The summed E-state index contributed by atoms with van der Waals surface area (Å²) >= 11 is 0. The van der Waals surface area contributed by atoms with Crippen LogP contribution in [-0.2, 0) is 9.59 Å². The summed E-state index contributed by atoms with van der Waals surface area (Å²) in [4.78, 5) is 41.5. The van der Waals surface area contributed by atoms with E-state index in [0.29, 0.717) is 32.5 Å². The maximum atomic E-state index is 13.9. The Labute approximate surface area is 181 Å². The second kappa shape index (κ2) is 7.89. The highest BCUT2D eigenvalue weighted by Gasteiger charge is 2.56. The van der Waals surface area contributed by atoms with Crippen molar-refractivity contribution < 1.29 is 23.9 Å². The van der Waals surface area contributed by atoms with E-state index in [-0.39, 0.29) is 35.4 Å². The normalized spacial score (nSPS) is 27.7. The van der Waals surface area contributed by atoms with Crippen LogP contribution in [0.15, 0.2) is 24.3 Å². The van der Waals surface area contributed by atoms with E-state index in [4.69, 9.17) is 0 Å². The molecule has 0 radical (unpaired) electrons. The standard InChI is InChI=1S/C23H30FN3O4/c1-22(9-10-22)20(29)27-11-7-16(8-12-27)19(28)23(26(2)21(30)31)14-25-13-18(23)15-3-5-17(24)6-4-15/h3-6,16,18,25H,7-14H2,1-2H3,(H,30,31)/t18-,23+/m0/s1. The molecule has 2 heterocycles. The van der Waals surface area contributed by atoms with E-state index in [2.05, 4.69) is 5.32 Å². The molecule has 8 heteroatoms. The predicted molar refractivity (Wildman–Crippen MR) is 112 cm³/mol. The molecule has 0 unspecified atom stereocenters. The second-order valence-electron chi connectivity index (χ2n) is 9.49. The van der Waals surface area contributed by atoms with Crippen LogP contribution in [0.25, 0.3) is 0 Å². The van der Waals surface area contributed by atoms with Gasteiger partial charge in [0.15, 0.2) is 5.78 Å². The lowest BCUT2D eigenvalue weighted by atomic mass is 9.72. The first-order valence-corrected chi connectivity index (χ1v) is 11.0. The molecule has 2 aliphatic heterocycles. The van der Waals surface area contributed by atoms with Crippen molar-refractivity contribution in [3.63, 3.8) is 0 Å². The first-order valence-electron chi connectivity index (χ1n) is 11.0. The first-order chi connectivity index (χ1) is 14.7. The van der Waals surface area contributed by atoms with Crippen LogP contribution in [0.5, 0.6) is 0 Å². The Bertz CT molecular complexity index is 877. The number of piperidine rings is 1. The number of nitrogens with one attached hydrogen (secondary N) is 1. The molecule has 0 bridgehead atoms. The Morgan fingerprint density at radius 1 is 1.16 bits per heavy atom. The van der Waals surface area contributed by atoms with E-state index < -0.39 is 17.6 Å². The Hall–Kier alpha value is -2.48. The molecule has 0 aromatic heterocycles. The van der Waals surface area contributed by atoms with Gasteiger partial charge >= 0.3 is 6.09 Å². The quantitative estimate of drug-likeness (QED) is 0.748. The van der Waals surface area contributed by atoms with Crippen LogP contribution in [-0.4, -0.2) is 71.5 Å². The second-order valence-corrected chi connectivity index (χ2v) is 9.49. The number of hydrogen-bond donors (Lipinski definition) is 2. The summed E-state index contributed by atoms with van der Waals surface area (Å²) in [6.07, 6.45) is 1.74. The fraction of sp³-hybridized carbons (Fsp3) is 0.609. The van der Waals surface area contributed by atoms with Crippen molar-refractivity contribution in [2.75, 3.05) is 33.2 Å². The zero-order chi connectivity index (χ0) is 22.4. The van der Waals surface area contributed by atoms with Crippen molar-refractivity contribution in [2.24, 2.45) is 11.3 Å². The highest BCUT2D eigenvalue weighted by molar-refractivity contribution is 5.95. The summed E-state index contributed by atoms with van der Waals surface area (Å²) in [5, 5.41) is 13.0. The number of carboxylic acid groups (broad SMARTS) is 1. The molecular weight excluding hydrogens is 401 g/mol. The van der Waals surface area contributed by atoms with E-state index in [1.807, 2.05) is 11.8 Å². The molecular formula is C23H30FN3O4. The maximum Gasteiger partial charge on any atom is 0.407 e. The van der Waals surface area contributed by atoms with Crippen LogP contribution in [0, 0.1) is 17.2 Å². The molecule has 2 N–H and O–H groups in total. The van der Waals surface area contributed by atoms with Gasteiger partial charge in [-0.15, -0.1) is 0 Å². The number of Topliss-reactive ketones (excluding diaryl/α,β-unsaturated/α-hetero) is 1. The summed E-state index contributed by atoms with van der Waals surface area (Å²) in [7, 11) is 1.44. The van der Waals surface area contributed by atoms with Gasteiger partial charge in [-0.1, -0.05) is 19.1 Å². The van der Waals surface area contributed by atoms with E-state index >= 15 is 0 Å². The van der Waals surface area contributed by atoms with Crippen molar-refractivity contribution in [1.29, 1.82) is 0 Å². The smallest absolute Gasteiger partial charge is 0.407 e. The summed E-state index contributed by atoms with van der Waals surface area (Å²) in [5.74, 6) is -1.05. The van der Waals surface area contributed by atoms with Gasteiger partial charge in [-0.3, -0.25) is 14.5 Å². The molecule has 7 nitrogen and oxygen atoms in total. The predicted octanol–water partition coefficient (Wildman–Crippen LogP) is 2.47. The Morgan fingerprint density at radius 3 is 2.32 bits per heavy atom. The lowest BCUT2D eigenvalue weighted by Gasteiger charge is -2.43. The molecule has 2 atom stereocenters.